The average Bonchev–Trinajstić information content (AvgIpc) is 2.35. The van der Waals surface area contributed by atoms with Crippen molar-refractivity contribution in [1.82, 2.24) is 5.32 Å². The minimum atomic E-state index is -0.456. The summed E-state index contributed by atoms with van der Waals surface area (Å²) < 4.78 is 15.3. The number of nitrogens with two attached hydrogens (primary N) is 1. The average molecular weight is 262 g/mol. The summed E-state index contributed by atoms with van der Waals surface area (Å²) in [4.78, 5) is 11.5. The van der Waals surface area contributed by atoms with Crippen LogP contribution in [-0.2, 0) is 19.0 Å². The van der Waals surface area contributed by atoms with Crippen LogP contribution in [0.4, 0.5) is 0 Å². The molecule has 0 saturated heterocycles. The maximum absolute atomic E-state index is 11.5. The van der Waals surface area contributed by atoms with Gasteiger partial charge in [-0.2, -0.15) is 0 Å². The highest BCUT2D eigenvalue weighted by molar-refractivity contribution is 5.81. The van der Waals surface area contributed by atoms with Gasteiger partial charge in [-0.25, -0.2) is 0 Å². The lowest BCUT2D eigenvalue weighted by Crippen LogP contribution is -2.44. The van der Waals surface area contributed by atoms with Crippen LogP contribution in [0.5, 0.6) is 0 Å². The molecule has 0 rings (SSSR count). The lowest BCUT2D eigenvalue weighted by molar-refractivity contribution is -0.123. The van der Waals surface area contributed by atoms with Gasteiger partial charge >= 0.3 is 0 Å². The smallest absolute Gasteiger partial charge is 0.237 e. The van der Waals surface area contributed by atoms with E-state index in [0.29, 0.717) is 39.6 Å². The second kappa shape index (κ2) is 11.4. The third-order valence-electron chi connectivity index (χ3n) is 2.37. The fourth-order valence-electron chi connectivity index (χ4n) is 1.13. The molecule has 1 atom stereocenters. The highest BCUT2D eigenvalue weighted by atomic mass is 16.5. The molecule has 6 heteroatoms. The molecule has 0 radical (unpaired) electrons. The molecular weight excluding hydrogens is 236 g/mol. The van der Waals surface area contributed by atoms with Crippen LogP contribution in [0, 0.1) is 5.92 Å². The van der Waals surface area contributed by atoms with Crippen LogP contribution in [0.25, 0.3) is 0 Å². The molecule has 0 fully saturated rings. The molecule has 0 aliphatic rings. The molecule has 0 bridgehead atoms. The molecule has 0 aromatic rings. The molecule has 1 amide bonds. The predicted molar refractivity (Wildman–Crippen MR) is 69.3 cm³/mol. The highest BCUT2D eigenvalue weighted by Gasteiger charge is 2.15. The zero-order valence-electron chi connectivity index (χ0n) is 11.6. The Kier molecular flexibility index (Phi) is 11.0. The summed E-state index contributed by atoms with van der Waals surface area (Å²) in [5.41, 5.74) is 5.68. The van der Waals surface area contributed by atoms with Crippen molar-refractivity contribution < 1.29 is 19.0 Å². The summed E-state index contributed by atoms with van der Waals surface area (Å²) in [6.07, 6.45) is 0. The van der Waals surface area contributed by atoms with Crippen LogP contribution in [0.1, 0.15) is 13.8 Å². The second-order valence-corrected chi connectivity index (χ2v) is 4.28. The molecule has 0 unspecified atom stereocenters. The van der Waals surface area contributed by atoms with Crippen LogP contribution < -0.4 is 11.1 Å². The Balaban J connectivity index is 3.27. The summed E-state index contributed by atoms with van der Waals surface area (Å²) in [5.74, 6) is 0.00467. The van der Waals surface area contributed by atoms with Crippen molar-refractivity contribution in [3.8, 4) is 0 Å². The molecular formula is C12H26N2O4. The van der Waals surface area contributed by atoms with E-state index in [2.05, 4.69) is 5.32 Å². The molecule has 3 N–H and O–H groups in total. The van der Waals surface area contributed by atoms with Crippen LogP contribution in [0.2, 0.25) is 0 Å². The molecule has 0 aliphatic carbocycles. The summed E-state index contributed by atoms with van der Waals surface area (Å²) in [6, 6.07) is -0.456. The van der Waals surface area contributed by atoms with Crippen LogP contribution in [-0.4, -0.2) is 58.6 Å². The van der Waals surface area contributed by atoms with Crippen molar-refractivity contribution in [1.29, 1.82) is 0 Å². The zero-order valence-corrected chi connectivity index (χ0v) is 11.6. The largest absolute Gasteiger partial charge is 0.382 e. The first-order valence-corrected chi connectivity index (χ1v) is 6.27. The minimum Gasteiger partial charge on any atom is -0.382 e. The summed E-state index contributed by atoms with van der Waals surface area (Å²) in [5, 5.41) is 2.73. The number of methoxy groups -OCH3 is 1. The van der Waals surface area contributed by atoms with E-state index < -0.39 is 6.04 Å². The first kappa shape index (κ1) is 17.3. The molecule has 6 nitrogen and oxygen atoms in total. The van der Waals surface area contributed by atoms with Crippen molar-refractivity contribution in [2.45, 2.75) is 19.9 Å². The minimum absolute atomic E-state index is 0.134. The standard InChI is InChI=1S/C12H26N2O4/c1-10(2)11(13)12(15)14-4-5-17-8-9-18-7-6-16-3/h10-11H,4-9,13H2,1-3H3,(H,14,15)/t11-/m0/s1. The van der Waals surface area contributed by atoms with Crippen molar-refractivity contribution in [2.75, 3.05) is 46.7 Å². The normalized spacial score (nSPS) is 12.7. The Morgan fingerprint density at radius 1 is 1.11 bits per heavy atom. The Morgan fingerprint density at radius 3 is 2.22 bits per heavy atom. The molecule has 0 aromatic carbocycles. The molecule has 0 saturated carbocycles. The van der Waals surface area contributed by atoms with Gasteiger partial charge in [-0.1, -0.05) is 13.8 Å². The monoisotopic (exact) mass is 262 g/mol. The van der Waals surface area contributed by atoms with E-state index in [-0.39, 0.29) is 11.8 Å². The Labute approximate surface area is 109 Å². The van der Waals surface area contributed by atoms with Crippen LogP contribution >= 0.6 is 0 Å². The number of hydrogen-bond acceptors (Lipinski definition) is 5. The topological polar surface area (TPSA) is 82.8 Å². The first-order chi connectivity index (χ1) is 8.59. The van der Waals surface area contributed by atoms with Gasteiger partial charge in [0.15, 0.2) is 0 Å². The third kappa shape index (κ3) is 9.35. The lowest BCUT2D eigenvalue weighted by Gasteiger charge is -2.15. The van der Waals surface area contributed by atoms with E-state index in [1.807, 2.05) is 13.8 Å². The van der Waals surface area contributed by atoms with Crippen LogP contribution in [0.3, 0.4) is 0 Å². The molecule has 0 aliphatic heterocycles. The quantitative estimate of drug-likeness (QED) is 0.502. The van der Waals surface area contributed by atoms with E-state index in [4.69, 9.17) is 19.9 Å². The number of nitrogens with one attached hydrogen (secondary N) is 1. The summed E-state index contributed by atoms with van der Waals surface area (Å²) in [7, 11) is 1.63. The highest BCUT2D eigenvalue weighted by Crippen LogP contribution is 1.97. The molecule has 0 aromatic heterocycles. The Hall–Kier alpha value is -0.690. The Bertz CT molecular complexity index is 212. The van der Waals surface area contributed by atoms with E-state index in [1.165, 1.54) is 0 Å². The van der Waals surface area contributed by atoms with Crippen molar-refractivity contribution in [3.63, 3.8) is 0 Å². The molecule has 0 spiro atoms. The molecule has 18 heavy (non-hydrogen) atoms. The van der Waals surface area contributed by atoms with Crippen molar-refractivity contribution in [3.05, 3.63) is 0 Å². The van der Waals surface area contributed by atoms with Gasteiger partial charge in [0.05, 0.1) is 39.1 Å². The van der Waals surface area contributed by atoms with Gasteiger partial charge in [0, 0.05) is 13.7 Å². The number of ether oxygens (including phenoxy) is 3. The Morgan fingerprint density at radius 2 is 1.67 bits per heavy atom. The first-order valence-electron chi connectivity index (χ1n) is 6.27. The molecule has 108 valence electrons. The van der Waals surface area contributed by atoms with Gasteiger partial charge in [-0.15, -0.1) is 0 Å². The number of amides is 1. The lowest BCUT2D eigenvalue weighted by atomic mass is 10.1. The van der Waals surface area contributed by atoms with Crippen molar-refractivity contribution in [2.24, 2.45) is 11.7 Å². The van der Waals surface area contributed by atoms with E-state index in [0.717, 1.165) is 0 Å². The number of carbonyl (C=O) groups is 1. The van der Waals surface area contributed by atoms with Crippen molar-refractivity contribution >= 4 is 5.91 Å². The fourth-order valence-corrected chi connectivity index (χ4v) is 1.13. The molecule has 0 heterocycles. The maximum Gasteiger partial charge on any atom is 0.237 e. The number of hydrogen-bond donors (Lipinski definition) is 2. The van der Waals surface area contributed by atoms with Crippen LogP contribution in [0.15, 0.2) is 0 Å². The maximum atomic E-state index is 11.5. The van der Waals surface area contributed by atoms with Gasteiger partial charge in [-0.05, 0) is 5.92 Å². The van der Waals surface area contributed by atoms with Gasteiger partial charge in [0.25, 0.3) is 0 Å². The SMILES string of the molecule is COCCOCCOCCNC(=O)[C@@H](N)C(C)C. The van der Waals surface area contributed by atoms with E-state index in [1.54, 1.807) is 7.11 Å². The van der Waals surface area contributed by atoms with Gasteiger partial charge in [0.2, 0.25) is 5.91 Å². The van der Waals surface area contributed by atoms with E-state index in [9.17, 15) is 4.79 Å². The van der Waals surface area contributed by atoms with Gasteiger partial charge in [-0.3, -0.25) is 4.79 Å². The fraction of sp³-hybridized carbons (Fsp3) is 0.917. The number of carbonyl (C=O) groups excluding carboxylic acids is 1. The number of rotatable bonds is 11. The second-order valence-electron chi connectivity index (χ2n) is 4.28. The third-order valence-corrected chi connectivity index (χ3v) is 2.37. The summed E-state index contributed by atoms with van der Waals surface area (Å²) >= 11 is 0. The van der Waals surface area contributed by atoms with Gasteiger partial charge in [0.1, 0.15) is 0 Å². The zero-order chi connectivity index (χ0) is 13.8. The predicted octanol–water partition coefficient (Wildman–Crippen LogP) is -0.234. The van der Waals surface area contributed by atoms with Gasteiger partial charge < -0.3 is 25.3 Å². The summed E-state index contributed by atoms with van der Waals surface area (Å²) in [6.45, 7) is 6.96. The van der Waals surface area contributed by atoms with E-state index >= 15 is 0 Å².